The van der Waals surface area contributed by atoms with E-state index in [-0.39, 0.29) is 12.3 Å². The molecule has 0 radical (unpaired) electrons. The van der Waals surface area contributed by atoms with Gasteiger partial charge in [0.25, 0.3) is 5.69 Å². The summed E-state index contributed by atoms with van der Waals surface area (Å²) in [6, 6.07) is 3.36. The van der Waals surface area contributed by atoms with E-state index in [0.717, 1.165) is 0 Å². The van der Waals surface area contributed by atoms with Crippen molar-refractivity contribution in [2.24, 2.45) is 0 Å². The van der Waals surface area contributed by atoms with Gasteiger partial charge in [-0.05, 0) is 12.1 Å². The van der Waals surface area contributed by atoms with Crippen LogP contribution in [0.25, 0.3) is 10.8 Å². The molecule has 0 fully saturated rings. The maximum atomic E-state index is 11.1. The van der Waals surface area contributed by atoms with Gasteiger partial charge in [0.2, 0.25) is 0 Å². The van der Waals surface area contributed by atoms with E-state index in [1.165, 1.54) is 37.7 Å². The number of nitrogens with one attached hydrogen (secondary N) is 1. The Morgan fingerprint density at radius 2 is 2.24 bits per heavy atom. The summed E-state index contributed by atoms with van der Waals surface area (Å²) in [5, 5.41) is 23.8. The van der Waals surface area contributed by atoms with Gasteiger partial charge in [-0.1, -0.05) is 0 Å². The molecule has 2 aromatic rings. The van der Waals surface area contributed by atoms with Gasteiger partial charge in [0.1, 0.15) is 6.04 Å². The van der Waals surface area contributed by atoms with E-state index >= 15 is 0 Å². The van der Waals surface area contributed by atoms with E-state index in [1.807, 2.05) is 0 Å². The highest BCUT2D eigenvalue weighted by Gasteiger charge is 2.20. The van der Waals surface area contributed by atoms with Gasteiger partial charge in [-0.2, -0.15) is 0 Å². The zero-order chi connectivity index (χ0) is 15.4. The summed E-state index contributed by atoms with van der Waals surface area (Å²) in [5.74, 6) is -1.08. The van der Waals surface area contributed by atoms with Crippen LogP contribution in [-0.4, -0.2) is 40.7 Å². The Bertz CT molecular complexity index is 689. The van der Waals surface area contributed by atoms with Crippen molar-refractivity contribution in [2.45, 2.75) is 6.04 Å². The first kappa shape index (κ1) is 14.7. The molecule has 0 saturated carbocycles. The molecule has 1 aromatic carbocycles. The van der Waals surface area contributed by atoms with Crippen molar-refractivity contribution >= 4 is 28.1 Å². The molecule has 0 aliphatic rings. The smallest absolute Gasteiger partial charge is 0.328 e. The number of nitrogens with zero attached hydrogens (tertiary/aromatic N) is 2. The highest BCUT2D eigenvalue weighted by atomic mass is 16.6. The molecule has 8 nitrogen and oxygen atoms in total. The van der Waals surface area contributed by atoms with E-state index < -0.39 is 16.9 Å². The van der Waals surface area contributed by atoms with Gasteiger partial charge in [0.05, 0.1) is 16.9 Å². The lowest BCUT2D eigenvalue weighted by molar-refractivity contribution is -0.383. The lowest BCUT2D eigenvalue weighted by Gasteiger charge is -2.16. The Kier molecular flexibility index (Phi) is 4.29. The highest BCUT2D eigenvalue weighted by Crippen LogP contribution is 2.31. The summed E-state index contributed by atoms with van der Waals surface area (Å²) in [5.41, 5.74) is 0.393. The van der Waals surface area contributed by atoms with Gasteiger partial charge in [0.15, 0.2) is 0 Å². The third kappa shape index (κ3) is 3.06. The number of aromatic nitrogens is 1. The molecule has 2 N–H and O–H groups in total. The molecular formula is C13H13N3O5. The maximum Gasteiger partial charge on any atom is 0.328 e. The average molecular weight is 291 g/mol. The van der Waals surface area contributed by atoms with Crippen LogP contribution < -0.4 is 5.32 Å². The number of fused-ring (bicyclic) bond motifs is 1. The number of pyridine rings is 1. The SMILES string of the molecule is COCC(Nc1ccc([N+](=O)[O-])c2ccncc12)C(=O)O. The zero-order valence-corrected chi connectivity index (χ0v) is 11.1. The quantitative estimate of drug-likeness (QED) is 0.614. The maximum absolute atomic E-state index is 11.1. The topological polar surface area (TPSA) is 115 Å². The van der Waals surface area contributed by atoms with E-state index in [4.69, 9.17) is 9.84 Å². The number of aliphatic carboxylic acids is 1. The summed E-state index contributed by atoms with van der Waals surface area (Å²) in [7, 11) is 1.40. The number of hydrogen-bond acceptors (Lipinski definition) is 6. The second-order valence-corrected chi connectivity index (χ2v) is 4.30. The van der Waals surface area contributed by atoms with Gasteiger partial charge >= 0.3 is 5.97 Å². The van der Waals surface area contributed by atoms with Gasteiger partial charge < -0.3 is 15.2 Å². The number of methoxy groups -OCH3 is 1. The predicted octanol–water partition coefficient (Wildman–Crippen LogP) is 1.65. The van der Waals surface area contributed by atoms with Crippen LogP contribution in [0.4, 0.5) is 11.4 Å². The van der Waals surface area contributed by atoms with Gasteiger partial charge in [-0.15, -0.1) is 0 Å². The van der Waals surface area contributed by atoms with Crippen LogP contribution >= 0.6 is 0 Å². The van der Waals surface area contributed by atoms with Crippen molar-refractivity contribution in [3.8, 4) is 0 Å². The molecule has 0 bridgehead atoms. The van der Waals surface area contributed by atoms with Gasteiger partial charge in [-0.25, -0.2) is 4.79 Å². The highest BCUT2D eigenvalue weighted by molar-refractivity contribution is 5.99. The van der Waals surface area contributed by atoms with Crippen LogP contribution in [-0.2, 0) is 9.53 Å². The van der Waals surface area contributed by atoms with Crippen LogP contribution in [0.5, 0.6) is 0 Å². The normalized spacial score (nSPS) is 12.0. The number of carboxylic acids is 1. The summed E-state index contributed by atoms with van der Waals surface area (Å²) in [6.45, 7) is -0.0337. The number of carboxylic acid groups (broad SMARTS) is 1. The molecule has 8 heteroatoms. The molecule has 1 unspecified atom stereocenters. The molecule has 0 amide bonds. The van der Waals surface area contributed by atoms with E-state index in [2.05, 4.69) is 10.3 Å². The molecule has 0 aliphatic heterocycles. The summed E-state index contributed by atoms with van der Waals surface area (Å²) in [6.07, 6.45) is 2.90. The fourth-order valence-corrected chi connectivity index (χ4v) is 1.99. The number of benzene rings is 1. The number of ether oxygens (including phenoxy) is 1. The number of anilines is 1. The number of rotatable bonds is 6. The van der Waals surface area contributed by atoms with Crippen LogP contribution in [0.3, 0.4) is 0 Å². The van der Waals surface area contributed by atoms with Crippen LogP contribution in [0.15, 0.2) is 30.6 Å². The first-order chi connectivity index (χ1) is 10.0. The number of nitro groups is 1. The molecule has 2 rings (SSSR count). The molecule has 21 heavy (non-hydrogen) atoms. The summed E-state index contributed by atoms with van der Waals surface area (Å²) >= 11 is 0. The molecule has 0 saturated heterocycles. The van der Waals surface area contributed by atoms with Crippen molar-refractivity contribution < 1.29 is 19.6 Å². The Morgan fingerprint density at radius 1 is 1.48 bits per heavy atom. The molecular weight excluding hydrogens is 278 g/mol. The van der Waals surface area contributed by atoms with Crippen LogP contribution in [0.1, 0.15) is 0 Å². The molecule has 1 aromatic heterocycles. The minimum atomic E-state index is -1.08. The van der Waals surface area contributed by atoms with Gasteiger partial charge in [-0.3, -0.25) is 15.1 Å². The van der Waals surface area contributed by atoms with Gasteiger partial charge in [0, 0.05) is 36.6 Å². The van der Waals surface area contributed by atoms with Crippen LogP contribution in [0, 0.1) is 10.1 Å². The lowest BCUT2D eigenvalue weighted by atomic mass is 10.1. The van der Waals surface area contributed by atoms with Crippen LogP contribution in [0.2, 0.25) is 0 Å². The summed E-state index contributed by atoms with van der Waals surface area (Å²) in [4.78, 5) is 25.6. The Hall–Kier alpha value is -2.74. The number of hydrogen-bond donors (Lipinski definition) is 2. The van der Waals surface area contributed by atoms with Crippen molar-refractivity contribution in [2.75, 3.05) is 19.0 Å². The van der Waals surface area contributed by atoms with Crippen molar-refractivity contribution in [3.05, 3.63) is 40.7 Å². The standard InChI is InChI=1S/C13H13N3O5/c1-21-7-11(13(17)18)15-10-2-3-12(16(19)20)8-4-5-14-6-9(8)10/h2-6,11,15H,7H2,1H3,(H,17,18). The summed E-state index contributed by atoms with van der Waals surface area (Å²) < 4.78 is 4.84. The molecule has 110 valence electrons. The third-order valence-electron chi connectivity index (χ3n) is 2.95. The molecule has 1 atom stereocenters. The van der Waals surface area contributed by atoms with E-state index in [0.29, 0.717) is 16.5 Å². The minimum Gasteiger partial charge on any atom is -0.480 e. The number of non-ortho nitro benzene ring substituents is 1. The minimum absolute atomic E-state index is 0.0337. The molecule has 0 aliphatic carbocycles. The number of carbonyl (C=O) groups is 1. The first-order valence-electron chi connectivity index (χ1n) is 6.04. The zero-order valence-electron chi connectivity index (χ0n) is 11.1. The second kappa shape index (κ2) is 6.14. The van der Waals surface area contributed by atoms with Crippen molar-refractivity contribution in [1.29, 1.82) is 0 Å². The Labute approximate surface area is 119 Å². The Morgan fingerprint density at radius 3 is 2.86 bits per heavy atom. The van der Waals surface area contributed by atoms with Crippen molar-refractivity contribution in [1.82, 2.24) is 4.98 Å². The Balaban J connectivity index is 2.48. The number of nitro benzene ring substituents is 1. The fraction of sp³-hybridized carbons (Fsp3) is 0.231. The average Bonchev–Trinajstić information content (AvgIpc) is 2.46. The first-order valence-corrected chi connectivity index (χ1v) is 6.04. The molecule has 0 spiro atoms. The second-order valence-electron chi connectivity index (χ2n) is 4.30. The fourth-order valence-electron chi connectivity index (χ4n) is 1.99. The van der Waals surface area contributed by atoms with E-state index in [9.17, 15) is 14.9 Å². The predicted molar refractivity (Wildman–Crippen MR) is 75.3 cm³/mol. The van der Waals surface area contributed by atoms with Crippen molar-refractivity contribution in [3.63, 3.8) is 0 Å². The molecule has 1 heterocycles. The lowest BCUT2D eigenvalue weighted by Crippen LogP contribution is -2.33. The monoisotopic (exact) mass is 291 g/mol. The largest absolute Gasteiger partial charge is 0.480 e. The third-order valence-corrected chi connectivity index (χ3v) is 2.95. The van der Waals surface area contributed by atoms with E-state index in [1.54, 1.807) is 0 Å².